The van der Waals surface area contributed by atoms with Gasteiger partial charge in [0.25, 0.3) is 0 Å². The number of benzene rings is 1. The molecule has 0 saturated heterocycles. The van der Waals surface area contributed by atoms with Gasteiger partial charge in [0, 0.05) is 45.3 Å². The lowest BCUT2D eigenvalue weighted by atomic mass is 10.00. The third-order valence-corrected chi connectivity index (χ3v) is 6.96. The van der Waals surface area contributed by atoms with E-state index in [2.05, 4.69) is 6.92 Å². The molecule has 128 valence electrons. The van der Waals surface area contributed by atoms with E-state index in [1.54, 1.807) is 23.5 Å². The summed E-state index contributed by atoms with van der Waals surface area (Å²) >= 11 is 13.9. The second-order valence-corrected chi connectivity index (χ2v) is 8.92. The standard InChI is InChI=1S/C16H24N2OS4/c1-10-7-12(8-22-15(20)17(3)4)11(2)13(14(10)19)9-23-16(21)18(5)6/h7,19H,8-9H2,1-6H3. The quantitative estimate of drug-likeness (QED) is 0.774. The van der Waals surface area contributed by atoms with Crippen molar-refractivity contribution in [1.82, 2.24) is 9.80 Å². The van der Waals surface area contributed by atoms with Gasteiger partial charge in [0.2, 0.25) is 0 Å². The molecule has 0 amide bonds. The number of thioether (sulfide) groups is 2. The lowest BCUT2D eigenvalue weighted by molar-refractivity contribution is 0.465. The first-order valence-corrected chi connectivity index (χ1v) is 9.93. The van der Waals surface area contributed by atoms with Gasteiger partial charge < -0.3 is 14.9 Å². The van der Waals surface area contributed by atoms with Crippen molar-refractivity contribution >= 4 is 56.6 Å². The Morgan fingerprint density at radius 3 is 1.96 bits per heavy atom. The van der Waals surface area contributed by atoms with Gasteiger partial charge >= 0.3 is 0 Å². The Labute approximate surface area is 158 Å². The highest BCUT2D eigenvalue weighted by Gasteiger charge is 2.15. The van der Waals surface area contributed by atoms with Crippen molar-refractivity contribution in [3.8, 4) is 5.75 Å². The molecule has 0 aliphatic rings. The SMILES string of the molecule is Cc1cc(CSC(=S)N(C)C)c(C)c(CSC(=S)N(C)C)c1O. The van der Waals surface area contributed by atoms with Crippen LogP contribution >= 0.6 is 48.0 Å². The van der Waals surface area contributed by atoms with Gasteiger partial charge in [-0.1, -0.05) is 54.0 Å². The third kappa shape index (κ3) is 5.81. The lowest BCUT2D eigenvalue weighted by Gasteiger charge is -2.18. The molecule has 0 fully saturated rings. The molecular formula is C16H24N2OS4. The Morgan fingerprint density at radius 1 is 1.00 bits per heavy atom. The van der Waals surface area contributed by atoms with Gasteiger partial charge in [-0.3, -0.25) is 0 Å². The van der Waals surface area contributed by atoms with Crippen LogP contribution in [-0.2, 0) is 11.5 Å². The first-order chi connectivity index (χ1) is 10.6. The monoisotopic (exact) mass is 388 g/mol. The molecule has 0 heterocycles. The molecule has 7 heteroatoms. The summed E-state index contributed by atoms with van der Waals surface area (Å²) in [6.07, 6.45) is 0. The Morgan fingerprint density at radius 2 is 1.48 bits per heavy atom. The fourth-order valence-electron chi connectivity index (χ4n) is 1.91. The minimum atomic E-state index is 0.375. The number of nitrogens with zero attached hydrogens (tertiary/aromatic N) is 2. The molecule has 1 rings (SSSR count). The van der Waals surface area contributed by atoms with Crippen LogP contribution in [0, 0.1) is 13.8 Å². The number of phenolic OH excluding ortho intramolecular Hbond substituents is 1. The van der Waals surface area contributed by atoms with Crippen molar-refractivity contribution in [1.29, 1.82) is 0 Å². The highest BCUT2D eigenvalue weighted by molar-refractivity contribution is 8.22. The van der Waals surface area contributed by atoms with E-state index in [4.69, 9.17) is 24.4 Å². The molecular weight excluding hydrogens is 364 g/mol. The summed E-state index contributed by atoms with van der Waals surface area (Å²) in [4.78, 5) is 3.85. The summed E-state index contributed by atoms with van der Waals surface area (Å²) in [5.41, 5.74) is 4.19. The topological polar surface area (TPSA) is 26.7 Å². The summed E-state index contributed by atoms with van der Waals surface area (Å²) in [5.74, 6) is 1.85. The summed E-state index contributed by atoms with van der Waals surface area (Å²) < 4.78 is 1.68. The molecule has 0 aliphatic heterocycles. The molecule has 0 bridgehead atoms. The molecule has 0 radical (unpaired) electrons. The Hall–Kier alpha value is -0.500. The average Bonchev–Trinajstić information content (AvgIpc) is 2.48. The summed E-state index contributed by atoms with van der Waals surface area (Å²) in [6, 6.07) is 2.05. The summed E-state index contributed by atoms with van der Waals surface area (Å²) in [6.45, 7) is 3.99. The second kappa shape index (κ2) is 9.11. The zero-order chi connectivity index (χ0) is 17.7. The average molecular weight is 389 g/mol. The first kappa shape index (κ1) is 20.5. The highest BCUT2D eigenvalue weighted by atomic mass is 32.2. The Balaban J connectivity index is 2.98. The van der Waals surface area contributed by atoms with E-state index in [0.717, 1.165) is 31.1 Å². The Kier molecular flexibility index (Phi) is 8.13. The van der Waals surface area contributed by atoms with Crippen LogP contribution in [-0.4, -0.2) is 51.7 Å². The second-order valence-electron chi connectivity index (χ2n) is 5.70. The van der Waals surface area contributed by atoms with E-state index < -0.39 is 0 Å². The van der Waals surface area contributed by atoms with E-state index in [0.29, 0.717) is 11.5 Å². The van der Waals surface area contributed by atoms with Crippen LogP contribution in [0.5, 0.6) is 5.75 Å². The predicted molar refractivity (Wildman–Crippen MR) is 113 cm³/mol. The van der Waals surface area contributed by atoms with E-state index in [-0.39, 0.29) is 0 Å². The van der Waals surface area contributed by atoms with Crippen molar-refractivity contribution < 1.29 is 5.11 Å². The number of hydrogen-bond donors (Lipinski definition) is 1. The fourth-order valence-corrected chi connectivity index (χ4v) is 3.98. The van der Waals surface area contributed by atoms with Gasteiger partial charge in [0.1, 0.15) is 14.4 Å². The number of aryl methyl sites for hydroxylation is 1. The number of thiocarbonyl (C=S) groups is 2. The lowest BCUT2D eigenvalue weighted by Crippen LogP contribution is -2.16. The maximum Gasteiger partial charge on any atom is 0.136 e. The van der Waals surface area contributed by atoms with Crippen molar-refractivity contribution in [2.24, 2.45) is 0 Å². The van der Waals surface area contributed by atoms with Crippen LogP contribution in [0.4, 0.5) is 0 Å². The minimum absolute atomic E-state index is 0.375. The maximum atomic E-state index is 10.4. The van der Waals surface area contributed by atoms with Crippen molar-refractivity contribution in [3.63, 3.8) is 0 Å². The van der Waals surface area contributed by atoms with Crippen LogP contribution < -0.4 is 0 Å². The normalized spacial score (nSPS) is 10.5. The molecule has 1 N–H and O–H groups in total. The minimum Gasteiger partial charge on any atom is -0.507 e. The molecule has 0 saturated carbocycles. The number of rotatable bonds is 4. The Bertz CT molecular complexity index is 600. The maximum absolute atomic E-state index is 10.4. The van der Waals surface area contributed by atoms with Gasteiger partial charge in [-0.05, 0) is 30.5 Å². The van der Waals surface area contributed by atoms with Crippen LogP contribution in [0.15, 0.2) is 6.07 Å². The van der Waals surface area contributed by atoms with Crippen LogP contribution in [0.25, 0.3) is 0 Å². The third-order valence-electron chi connectivity index (χ3n) is 3.41. The zero-order valence-electron chi connectivity index (χ0n) is 14.5. The molecule has 0 aromatic heterocycles. The van der Waals surface area contributed by atoms with Gasteiger partial charge in [0.05, 0.1) is 0 Å². The van der Waals surface area contributed by atoms with Gasteiger partial charge in [0.15, 0.2) is 0 Å². The predicted octanol–water partition coefficient (Wildman–Crippen LogP) is 4.17. The fraction of sp³-hybridized carbons (Fsp3) is 0.500. The van der Waals surface area contributed by atoms with E-state index in [1.165, 1.54) is 5.56 Å². The molecule has 3 nitrogen and oxygen atoms in total. The number of phenols is 1. The van der Waals surface area contributed by atoms with E-state index >= 15 is 0 Å². The smallest absolute Gasteiger partial charge is 0.136 e. The van der Waals surface area contributed by atoms with E-state index in [1.807, 2.05) is 51.0 Å². The molecule has 23 heavy (non-hydrogen) atoms. The molecule has 0 aliphatic carbocycles. The summed E-state index contributed by atoms with van der Waals surface area (Å²) in [7, 11) is 7.77. The van der Waals surface area contributed by atoms with Crippen LogP contribution in [0.1, 0.15) is 22.3 Å². The van der Waals surface area contributed by atoms with Crippen LogP contribution in [0.2, 0.25) is 0 Å². The molecule has 0 unspecified atom stereocenters. The zero-order valence-corrected chi connectivity index (χ0v) is 17.7. The highest BCUT2D eigenvalue weighted by Crippen LogP contribution is 2.33. The van der Waals surface area contributed by atoms with Gasteiger partial charge in [-0.15, -0.1) is 0 Å². The van der Waals surface area contributed by atoms with Gasteiger partial charge in [-0.25, -0.2) is 0 Å². The van der Waals surface area contributed by atoms with Crippen molar-refractivity contribution in [2.45, 2.75) is 25.4 Å². The molecule has 0 spiro atoms. The number of aromatic hydroxyl groups is 1. The molecule has 1 aromatic rings. The van der Waals surface area contributed by atoms with Crippen molar-refractivity contribution in [2.75, 3.05) is 28.2 Å². The van der Waals surface area contributed by atoms with E-state index in [9.17, 15) is 5.11 Å². The number of hydrogen-bond acceptors (Lipinski definition) is 5. The van der Waals surface area contributed by atoms with Crippen molar-refractivity contribution in [3.05, 3.63) is 28.3 Å². The molecule has 1 aromatic carbocycles. The molecule has 0 atom stereocenters. The summed E-state index contributed by atoms with van der Waals surface area (Å²) in [5, 5.41) is 10.4. The first-order valence-electron chi connectivity index (χ1n) is 7.14. The van der Waals surface area contributed by atoms with Gasteiger partial charge in [-0.2, -0.15) is 0 Å². The largest absolute Gasteiger partial charge is 0.507 e. The van der Waals surface area contributed by atoms with Crippen LogP contribution in [0.3, 0.4) is 0 Å².